The number of carbonyl (C=O) groups excluding carboxylic acids is 4. The van der Waals surface area contributed by atoms with Gasteiger partial charge in [-0.15, -0.1) is 4.99 Å². The van der Waals surface area contributed by atoms with Gasteiger partial charge in [0.05, 0.1) is 23.5 Å². The van der Waals surface area contributed by atoms with Crippen LogP contribution in [-0.4, -0.2) is 58.8 Å². The van der Waals surface area contributed by atoms with Crippen molar-refractivity contribution in [1.29, 1.82) is 0 Å². The summed E-state index contributed by atoms with van der Waals surface area (Å²) in [5.41, 5.74) is 6.40. The number of aliphatic hydroxyl groups is 1. The molecule has 0 aliphatic carbocycles. The van der Waals surface area contributed by atoms with Gasteiger partial charge in [-0.1, -0.05) is 12.1 Å². The summed E-state index contributed by atoms with van der Waals surface area (Å²) in [4.78, 5) is 66.2. The van der Waals surface area contributed by atoms with Crippen molar-refractivity contribution in [2.24, 2.45) is 22.1 Å². The first-order chi connectivity index (χ1) is 20.2. The Morgan fingerprint density at radius 2 is 1.91 bits per heavy atom. The minimum absolute atomic E-state index is 0.0257. The third kappa shape index (κ3) is 6.77. The lowest BCUT2D eigenvalue weighted by Gasteiger charge is -2.44. The van der Waals surface area contributed by atoms with Crippen molar-refractivity contribution in [3.63, 3.8) is 0 Å². The Kier molecular flexibility index (Phi) is 8.75. The van der Waals surface area contributed by atoms with E-state index in [9.17, 15) is 29.1 Å². The molecule has 0 radical (unpaired) electrons. The number of nitrogens with zero attached hydrogens (tertiary/aromatic N) is 2. The Hall–Kier alpha value is -4.92. The standard InChI is InChI=1S/C28H32N4O11/c1-13(33)20-18-10-17(21(32(18)22(20)34)23(35)40-12-41-24(36)28(3,4)5)15-7-6-8-16(9-15)30-25(29)31-26(37)39-11-19-14(2)42-27(38)43-19/h6-9,13,18,20,33H,10-12H2,1-5H3,(H3,29,30,31,37)/t13-,18-,20-/m1/s1. The number of benzene rings is 1. The zero-order chi connectivity index (χ0) is 31.6. The Balaban J connectivity index is 1.51. The molecule has 43 heavy (non-hydrogen) atoms. The summed E-state index contributed by atoms with van der Waals surface area (Å²) >= 11 is 0. The Labute approximate surface area is 245 Å². The summed E-state index contributed by atoms with van der Waals surface area (Å²) in [5.74, 6) is -3.63. The number of aliphatic imine (C=N–C) groups is 1. The van der Waals surface area contributed by atoms with Gasteiger partial charge in [0.2, 0.25) is 18.7 Å². The molecule has 0 spiro atoms. The first-order valence-electron chi connectivity index (χ1n) is 13.2. The number of ether oxygens (including phenoxy) is 3. The van der Waals surface area contributed by atoms with Crippen LogP contribution >= 0.6 is 0 Å². The van der Waals surface area contributed by atoms with Gasteiger partial charge in [-0.25, -0.2) is 14.4 Å². The van der Waals surface area contributed by atoms with Gasteiger partial charge in [-0.3, -0.25) is 9.59 Å². The number of carbonyl (C=O) groups is 4. The highest BCUT2D eigenvalue weighted by atomic mass is 16.7. The number of nitrogens with one attached hydrogen (secondary N) is 1. The van der Waals surface area contributed by atoms with Crippen molar-refractivity contribution in [1.82, 2.24) is 4.90 Å². The molecule has 2 amide bonds. The highest BCUT2D eigenvalue weighted by molar-refractivity contribution is 6.07. The van der Waals surface area contributed by atoms with E-state index in [1.807, 2.05) is 0 Å². The van der Waals surface area contributed by atoms with Crippen LogP contribution in [0.3, 0.4) is 0 Å². The fourth-order valence-corrected chi connectivity index (χ4v) is 4.66. The number of nitrogens with two attached hydrogens (primary N) is 1. The van der Waals surface area contributed by atoms with Crippen LogP contribution in [0.1, 0.15) is 51.2 Å². The number of aryl methyl sites for hydroxylation is 1. The average molecular weight is 601 g/mol. The van der Waals surface area contributed by atoms with Crippen molar-refractivity contribution in [3.8, 4) is 0 Å². The number of guanidine groups is 1. The molecule has 0 bridgehead atoms. The summed E-state index contributed by atoms with van der Waals surface area (Å²) in [6.45, 7) is 6.89. The van der Waals surface area contributed by atoms with Crippen LogP contribution in [0.25, 0.3) is 5.57 Å². The van der Waals surface area contributed by atoms with Crippen LogP contribution in [0.4, 0.5) is 10.5 Å². The third-order valence-electron chi connectivity index (χ3n) is 6.77. The van der Waals surface area contributed by atoms with Crippen LogP contribution in [-0.2, 0) is 35.2 Å². The number of hydrogen-bond acceptors (Lipinski definition) is 11. The molecule has 0 unspecified atom stereocenters. The quantitative estimate of drug-likeness (QED) is 0.130. The highest BCUT2D eigenvalue weighted by Crippen LogP contribution is 2.47. The SMILES string of the molecule is Cc1oc(=O)oc1COC(=O)/N=C(/N)Nc1cccc(C2=C(C(=O)OCOC(=O)C(C)(C)C)N3C(=O)[C@H]([C@@H](C)O)[C@H]3C2)c1. The molecule has 2 aliphatic rings. The fraction of sp³-hybridized carbons (Fsp3) is 0.429. The van der Waals surface area contributed by atoms with E-state index in [-0.39, 0.29) is 29.6 Å². The highest BCUT2D eigenvalue weighted by Gasteiger charge is 2.57. The molecule has 230 valence electrons. The summed E-state index contributed by atoms with van der Waals surface area (Å²) in [7, 11) is 0. The lowest BCUT2D eigenvalue weighted by atomic mass is 9.82. The van der Waals surface area contributed by atoms with E-state index in [1.165, 1.54) is 18.7 Å². The first-order valence-corrected chi connectivity index (χ1v) is 13.2. The van der Waals surface area contributed by atoms with Crippen molar-refractivity contribution in [3.05, 3.63) is 57.7 Å². The van der Waals surface area contributed by atoms with Crippen LogP contribution < -0.4 is 16.9 Å². The summed E-state index contributed by atoms with van der Waals surface area (Å²) in [6, 6.07) is 6.12. The minimum Gasteiger partial charge on any atom is -0.440 e. The first kappa shape index (κ1) is 31.0. The summed E-state index contributed by atoms with van der Waals surface area (Å²) in [6.07, 6.45) is -1.75. The van der Waals surface area contributed by atoms with E-state index < -0.39 is 66.6 Å². The molecule has 1 saturated heterocycles. The zero-order valence-electron chi connectivity index (χ0n) is 24.2. The second-order valence-corrected chi connectivity index (χ2v) is 11.0. The van der Waals surface area contributed by atoms with Crippen molar-refractivity contribution in [2.45, 2.75) is 59.8 Å². The number of amides is 2. The largest absolute Gasteiger partial charge is 0.519 e. The molecule has 4 rings (SSSR count). The number of aliphatic hydroxyl groups excluding tert-OH is 1. The van der Waals surface area contributed by atoms with Gasteiger partial charge < -0.3 is 44.1 Å². The van der Waals surface area contributed by atoms with Crippen molar-refractivity contribution >= 4 is 41.2 Å². The van der Waals surface area contributed by atoms with E-state index in [2.05, 4.69) is 10.3 Å². The number of rotatable bonds is 8. The Morgan fingerprint density at radius 1 is 1.19 bits per heavy atom. The molecule has 0 saturated carbocycles. The second kappa shape index (κ2) is 12.1. The molecule has 1 fully saturated rings. The van der Waals surface area contributed by atoms with Crippen LogP contribution in [0.2, 0.25) is 0 Å². The van der Waals surface area contributed by atoms with Gasteiger partial charge in [-0.05, 0) is 64.3 Å². The van der Waals surface area contributed by atoms with Crippen LogP contribution in [0.5, 0.6) is 0 Å². The van der Waals surface area contributed by atoms with Crippen LogP contribution in [0, 0.1) is 18.3 Å². The van der Waals surface area contributed by atoms with E-state index >= 15 is 0 Å². The molecule has 1 aromatic heterocycles. The van der Waals surface area contributed by atoms with Gasteiger partial charge in [0, 0.05) is 5.69 Å². The topological polar surface area (TPSA) is 213 Å². The summed E-state index contributed by atoms with van der Waals surface area (Å²) < 4.78 is 24.6. The smallest absolute Gasteiger partial charge is 0.440 e. The van der Waals surface area contributed by atoms with Gasteiger partial charge in [0.25, 0.3) is 0 Å². The van der Waals surface area contributed by atoms with Gasteiger partial charge in [0.1, 0.15) is 5.70 Å². The number of anilines is 1. The van der Waals surface area contributed by atoms with Crippen molar-refractivity contribution < 1.29 is 47.3 Å². The molecule has 2 aliphatic heterocycles. The zero-order valence-corrected chi connectivity index (χ0v) is 24.2. The third-order valence-corrected chi connectivity index (χ3v) is 6.77. The maximum absolute atomic E-state index is 13.2. The number of hydrogen-bond donors (Lipinski definition) is 3. The Bertz CT molecular complexity index is 1560. The van der Waals surface area contributed by atoms with Crippen molar-refractivity contribution in [2.75, 3.05) is 12.1 Å². The number of β-lactam (4-membered cyclic amide) rings is 1. The predicted octanol–water partition coefficient (Wildman–Crippen LogP) is 2.02. The maximum atomic E-state index is 13.2. The normalized spacial score (nSPS) is 19.0. The van der Waals surface area contributed by atoms with E-state index in [4.69, 9.17) is 28.8 Å². The van der Waals surface area contributed by atoms with E-state index in [0.29, 0.717) is 16.8 Å². The monoisotopic (exact) mass is 600 g/mol. The Morgan fingerprint density at radius 3 is 2.53 bits per heavy atom. The predicted molar refractivity (Wildman–Crippen MR) is 148 cm³/mol. The summed E-state index contributed by atoms with van der Waals surface area (Å²) in [5, 5.41) is 12.9. The second-order valence-electron chi connectivity index (χ2n) is 11.0. The maximum Gasteiger partial charge on any atom is 0.519 e. The van der Waals surface area contributed by atoms with Gasteiger partial charge in [-0.2, -0.15) is 0 Å². The lowest BCUT2D eigenvalue weighted by Crippen LogP contribution is -2.61. The lowest BCUT2D eigenvalue weighted by molar-refractivity contribution is -0.175. The fourth-order valence-electron chi connectivity index (χ4n) is 4.66. The van der Waals surface area contributed by atoms with Gasteiger partial charge in [0.15, 0.2) is 18.1 Å². The number of esters is 2. The number of fused-ring (bicyclic) bond motifs is 1. The van der Waals surface area contributed by atoms with Crippen LogP contribution in [0.15, 0.2) is 48.6 Å². The molecule has 15 heteroatoms. The van der Waals surface area contributed by atoms with E-state index in [1.54, 1.807) is 45.0 Å². The average Bonchev–Trinajstić information content (AvgIpc) is 3.42. The molecule has 1 aromatic carbocycles. The molecule has 3 atom stereocenters. The minimum atomic E-state index is -1.06. The molecule has 15 nitrogen and oxygen atoms in total. The van der Waals surface area contributed by atoms with E-state index in [0.717, 1.165) is 0 Å². The molecule has 4 N–H and O–H groups in total. The molecule has 2 aromatic rings. The molecular weight excluding hydrogens is 568 g/mol. The molecule has 3 heterocycles. The van der Waals surface area contributed by atoms with Gasteiger partial charge >= 0.3 is 23.9 Å². The molecular formula is C28H32N4O11.